The molecule has 0 aliphatic rings. The Bertz CT molecular complexity index is 1100. The van der Waals surface area contributed by atoms with Crippen molar-refractivity contribution in [1.82, 2.24) is 16.0 Å². The van der Waals surface area contributed by atoms with Crippen molar-refractivity contribution in [3.63, 3.8) is 0 Å². The van der Waals surface area contributed by atoms with Gasteiger partial charge in [-0.25, -0.2) is 13.6 Å². The SMILES string of the molecule is CC(C)(C)OC(=O)N[C@@H](Cc1ccc(I)cc1)[C@@H](O)CNCc1c(F)cc(/C(C=N)=C/NC(F)F)cc1F. The second-order valence-corrected chi connectivity index (χ2v) is 10.7. The number of ether oxygens (including phenoxy) is 1. The van der Waals surface area contributed by atoms with Crippen molar-refractivity contribution in [2.75, 3.05) is 6.54 Å². The van der Waals surface area contributed by atoms with Gasteiger partial charge in [0.25, 0.3) is 0 Å². The molecule has 0 radical (unpaired) electrons. The molecule has 2 rings (SSSR count). The van der Waals surface area contributed by atoms with E-state index in [1.165, 1.54) is 0 Å². The molecule has 2 atom stereocenters. The monoisotopic (exact) mass is 650 g/mol. The van der Waals surface area contributed by atoms with Crippen LogP contribution >= 0.6 is 22.6 Å². The van der Waals surface area contributed by atoms with Crippen LogP contribution in [0.25, 0.3) is 5.57 Å². The van der Waals surface area contributed by atoms with Crippen molar-refractivity contribution in [2.45, 2.75) is 58.0 Å². The van der Waals surface area contributed by atoms with E-state index in [9.17, 15) is 27.5 Å². The first-order valence-electron chi connectivity index (χ1n) is 11.6. The van der Waals surface area contributed by atoms with Crippen molar-refractivity contribution in [3.05, 3.63) is 74.5 Å². The quantitative estimate of drug-likeness (QED) is 0.0968. The van der Waals surface area contributed by atoms with Crippen molar-refractivity contribution >= 4 is 40.5 Å². The first kappa shape index (κ1) is 31.5. The fraction of sp³-hybridized carbons (Fsp3) is 0.385. The molecule has 0 bridgehead atoms. The zero-order valence-electron chi connectivity index (χ0n) is 21.1. The average molecular weight is 650 g/mol. The molecular weight excluding hydrogens is 619 g/mol. The highest BCUT2D eigenvalue weighted by molar-refractivity contribution is 14.1. The van der Waals surface area contributed by atoms with Crippen molar-refractivity contribution in [3.8, 4) is 0 Å². The minimum absolute atomic E-state index is 0.0916. The van der Waals surface area contributed by atoms with Crippen molar-refractivity contribution in [2.24, 2.45) is 0 Å². The Morgan fingerprint density at radius 2 is 1.76 bits per heavy atom. The number of carbonyl (C=O) groups is 1. The second kappa shape index (κ2) is 14.4. The van der Waals surface area contributed by atoms with Gasteiger partial charge in [-0.1, -0.05) is 12.1 Å². The van der Waals surface area contributed by atoms with Gasteiger partial charge < -0.3 is 31.2 Å². The summed E-state index contributed by atoms with van der Waals surface area (Å²) in [6, 6.07) is 8.62. The number of carbonyl (C=O) groups excluding carboxylic acids is 1. The van der Waals surface area contributed by atoms with Crippen LogP contribution in [-0.4, -0.2) is 48.3 Å². The van der Waals surface area contributed by atoms with Crippen LogP contribution in [0.1, 0.15) is 37.5 Å². The molecule has 0 fully saturated rings. The van der Waals surface area contributed by atoms with Gasteiger partial charge in [-0.2, -0.15) is 8.78 Å². The summed E-state index contributed by atoms with van der Waals surface area (Å²) in [6.45, 7) is 1.83. The van der Waals surface area contributed by atoms with Gasteiger partial charge in [-0.3, -0.25) is 0 Å². The summed E-state index contributed by atoms with van der Waals surface area (Å²) in [5, 5.41) is 25.3. The van der Waals surface area contributed by atoms with Gasteiger partial charge in [0.05, 0.1) is 12.1 Å². The zero-order valence-corrected chi connectivity index (χ0v) is 23.3. The van der Waals surface area contributed by atoms with Gasteiger partial charge in [-0.05, 0) is 85.2 Å². The molecule has 0 saturated heterocycles. The van der Waals surface area contributed by atoms with Crippen LogP contribution < -0.4 is 16.0 Å². The maximum absolute atomic E-state index is 14.7. The van der Waals surface area contributed by atoms with Crippen molar-refractivity contribution < 1.29 is 32.2 Å². The third kappa shape index (κ3) is 10.6. The molecule has 0 aromatic heterocycles. The van der Waals surface area contributed by atoms with Gasteiger partial charge in [0.1, 0.15) is 17.2 Å². The number of amides is 1. The number of alkyl carbamates (subject to hydrolysis) is 1. The number of benzene rings is 2. The van der Waals surface area contributed by atoms with E-state index >= 15 is 0 Å². The number of halogens is 5. The number of hydrogen-bond donors (Lipinski definition) is 5. The molecule has 0 unspecified atom stereocenters. The molecule has 38 heavy (non-hydrogen) atoms. The van der Waals surface area contributed by atoms with Gasteiger partial charge in [0.15, 0.2) is 0 Å². The fourth-order valence-electron chi connectivity index (χ4n) is 3.40. The summed E-state index contributed by atoms with van der Waals surface area (Å²) >= 11 is 2.16. The smallest absolute Gasteiger partial charge is 0.407 e. The molecule has 7 nitrogen and oxygen atoms in total. The van der Waals surface area contributed by atoms with Crippen LogP contribution in [0, 0.1) is 20.6 Å². The molecule has 0 heterocycles. The average Bonchev–Trinajstić information content (AvgIpc) is 2.80. The highest BCUT2D eigenvalue weighted by Gasteiger charge is 2.25. The normalized spacial score (nSPS) is 13.7. The molecule has 0 aliphatic heterocycles. The van der Waals surface area contributed by atoms with Crippen LogP contribution in [0.3, 0.4) is 0 Å². The Hall–Kier alpha value is -2.71. The van der Waals surface area contributed by atoms with E-state index < -0.39 is 42.0 Å². The summed E-state index contributed by atoms with van der Waals surface area (Å²) < 4.78 is 60.4. The van der Waals surface area contributed by atoms with E-state index in [1.54, 1.807) is 26.1 Å². The lowest BCUT2D eigenvalue weighted by Gasteiger charge is -2.27. The zero-order chi connectivity index (χ0) is 28.5. The number of nitrogens with one attached hydrogen (secondary N) is 4. The second-order valence-electron chi connectivity index (χ2n) is 9.41. The largest absolute Gasteiger partial charge is 0.444 e. The standard InChI is InChI=1S/C26H31F4IN4O3/c1-26(2,3)38-25(37)35-22(8-15-4-6-18(31)7-5-15)23(36)14-33-13-19-20(27)9-16(10-21(19)28)17(11-32)12-34-24(29)30/h4-7,9-12,22-24,32-34,36H,8,13-14H2,1-3H3,(H,35,37)/b17-12+,32-11?/t22-,23-/m0/s1. The highest BCUT2D eigenvalue weighted by atomic mass is 127. The summed E-state index contributed by atoms with van der Waals surface area (Å²) in [6.07, 6.45) is -0.0762. The summed E-state index contributed by atoms with van der Waals surface area (Å²) in [7, 11) is 0. The molecule has 2 aromatic rings. The number of aliphatic hydroxyl groups excluding tert-OH is 1. The Labute approximate surface area is 232 Å². The molecular formula is C26H31F4IN4O3. The summed E-state index contributed by atoms with van der Waals surface area (Å²) in [5.41, 5.74) is -0.448. The highest BCUT2D eigenvalue weighted by Crippen LogP contribution is 2.20. The molecule has 0 saturated carbocycles. The Morgan fingerprint density at radius 1 is 1.16 bits per heavy atom. The van der Waals surface area contributed by atoms with E-state index in [-0.39, 0.29) is 36.2 Å². The fourth-order valence-corrected chi connectivity index (χ4v) is 3.76. The molecule has 12 heteroatoms. The minimum atomic E-state index is -2.89. The molecule has 208 valence electrons. The number of aliphatic hydroxyl groups is 1. The Balaban J connectivity index is 2.11. The molecule has 0 aliphatic carbocycles. The van der Waals surface area contributed by atoms with E-state index in [4.69, 9.17) is 10.1 Å². The van der Waals surface area contributed by atoms with E-state index in [2.05, 4.69) is 33.2 Å². The number of allylic oxidation sites excluding steroid dienone is 1. The lowest BCUT2D eigenvalue weighted by Crippen LogP contribution is -2.50. The van der Waals surface area contributed by atoms with E-state index in [1.807, 2.05) is 24.3 Å². The molecule has 0 spiro atoms. The van der Waals surface area contributed by atoms with E-state index in [0.29, 0.717) is 6.21 Å². The van der Waals surface area contributed by atoms with Gasteiger partial charge in [-0.15, -0.1) is 0 Å². The number of alkyl halides is 2. The maximum Gasteiger partial charge on any atom is 0.407 e. The van der Waals surface area contributed by atoms with Gasteiger partial charge in [0, 0.05) is 40.2 Å². The molecule has 5 N–H and O–H groups in total. The lowest BCUT2D eigenvalue weighted by molar-refractivity contribution is 0.0422. The lowest BCUT2D eigenvalue weighted by atomic mass is 10.0. The first-order chi connectivity index (χ1) is 17.8. The predicted octanol–water partition coefficient (Wildman–Crippen LogP) is 4.96. The Kier molecular flexibility index (Phi) is 12.0. The van der Waals surface area contributed by atoms with Crippen LogP contribution in [0.5, 0.6) is 0 Å². The molecule has 1 amide bonds. The van der Waals surface area contributed by atoms with E-state index in [0.717, 1.165) is 27.5 Å². The van der Waals surface area contributed by atoms with Crippen LogP contribution in [-0.2, 0) is 17.7 Å². The third-order valence-corrected chi connectivity index (χ3v) is 5.90. The number of hydrogen-bond acceptors (Lipinski definition) is 6. The Morgan fingerprint density at radius 3 is 2.29 bits per heavy atom. The summed E-state index contributed by atoms with van der Waals surface area (Å²) in [4.78, 5) is 12.4. The van der Waals surface area contributed by atoms with Crippen LogP contribution in [0.4, 0.5) is 22.4 Å². The van der Waals surface area contributed by atoms with Gasteiger partial charge in [0.2, 0.25) is 0 Å². The minimum Gasteiger partial charge on any atom is -0.444 e. The maximum atomic E-state index is 14.7. The summed E-state index contributed by atoms with van der Waals surface area (Å²) in [5.74, 6) is -1.90. The molecule has 2 aromatic carbocycles. The van der Waals surface area contributed by atoms with Crippen LogP contribution in [0.15, 0.2) is 42.6 Å². The predicted molar refractivity (Wildman–Crippen MR) is 146 cm³/mol. The van der Waals surface area contributed by atoms with Crippen molar-refractivity contribution in [1.29, 1.82) is 5.41 Å². The third-order valence-electron chi connectivity index (χ3n) is 5.19. The topological polar surface area (TPSA) is 106 Å². The van der Waals surface area contributed by atoms with Gasteiger partial charge >= 0.3 is 12.6 Å². The first-order valence-corrected chi connectivity index (χ1v) is 12.7. The number of rotatable bonds is 12. The van der Waals surface area contributed by atoms with Crippen LogP contribution in [0.2, 0.25) is 0 Å².